The first-order valence-corrected chi connectivity index (χ1v) is 13.4. The highest BCUT2D eigenvalue weighted by atomic mass is 16.5. The summed E-state index contributed by atoms with van der Waals surface area (Å²) in [6, 6.07) is 10.4. The van der Waals surface area contributed by atoms with Crippen LogP contribution in [0.15, 0.2) is 48.1 Å². The van der Waals surface area contributed by atoms with Crippen LogP contribution in [0.25, 0.3) is 6.08 Å². The highest BCUT2D eigenvalue weighted by Gasteiger charge is 2.63. The third-order valence-corrected chi connectivity index (χ3v) is 10.2. The molecular formula is C31H40O4. The third kappa shape index (κ3) is 4.17. The summed E-state index contributed by atoms with van der Waals surface area (Å²) in [7, 11) is 0. The first kappa shape index (κ1) is 24.3. The minimum Gasteiger partial charge on any atom is -0.463 e. The molecule has 4 aliphatic carbocycles. The van der Waals surface area contributed by atoms with E-state index in [4.69, 9.17) is 9.47 Å². The Kier molecular flexibility index (Phi) is 6.22. The molecule has 4 heteroatoms. The standard InChI is InChI=1S/C31H40O4/c1-19-15-25-26(30(4)13-11-24(18-27(19)30)34-20(2)32)12-14-31(5)28(25)17-23(29(31)35-21(3)33)16-22-9-7-6-8-10-22/h6-10,16,24-29H,1,11-15,17-18H2,2-5H3/b23-16+/t24-,25-,26?,27-,28+,29+,30-,31+/m0/s1. The molecule has 0 heterocycles. The van der Waals surface area contributed by atoms with E-state index in [0.29, 0.717) is 23.7 Å². The zero-order chi connectivity index (χ0) is 25.0. The van der Waals surface area contributed by atoms with Gasteiger partial charge in [-0.3, -0.25) is 9.59 Å². The fourth-order valence-electron chi connectivity index (χ4n) is 8.67. The fourth-order valence-corrected chi connectivity index (χ4v) is 8.67. The van der Waals surface area contributed by atoms with Gasteiger partial charge in [0.05, 0.1) is 0 Å². The average Bonchev–Trinajstić information content (AvgIpc) is 3.06. The SMILES string of the molecule is C=C1C[C@H]2C(CC[C@@]3(C)[C@H](OC(C)=O)/C(=C/c4ccccc4)C[C@H]23)[C@]2(C)CC[C@H](OC(C)=O)C[C@@H]12. The number of fused-ring (bicyclic) bond motifs is 5. The van der Waals surface area contributed by atoms with Gasteiger partial charge in [-0.2, -0.15) is 0 Å². The summed E-state index contributed by atoms with van der Waals surface area (Å²) >= 11 is 0. The highest BCUT2D eigenvalue weighted by molar-refractivity contribution is 5.68. The Morgan fingerprint density at radius 3 is 2.31 bits per heavy atom. The van der Waals surface area contributed by atoms with Crippen molar-refractivity contribution in [2.75, 3.05) is 0 Å². The normalized spacial score (nSPS) is 41.5. The number of hydrogen-bond acceptors (Lipinski definition) is 4. The van der Waals surface area contributed by atoms with Crippen molar-refractivity contribution in [3.63, 3.8) is 0 Å². The van der Waals surface area contributed by atoms with Gasteiger partial charge in [0.25, 0.3) is 0 Å². The lowest BCUT2D eigenvalue weighted by Crippen LogP contribution is -2.55. The van der Waals surface area contributed by atoms with Crippen molar-refractivity contribution < 1.29 is 19.1 Å². The molecule has 4 nitrogen and oxygen atoms in total. The molecule has 188 valence electrons. The van der Waals surface area contributed by atoms with E-state index in [1.807, 2.05) is 6.07 Å². The summed E-state index contributed by atoms with van der Waals surface area (Å²) in [5.74, 6) is 1.70. The van der Waals surface area contributed by atoms with Crippen molar-refractivity contribution in [3.8, 4) is 0 Å². The zero-order valence-corrected chi connectivity index (χ0v) is 21.7. The number of benzene rings is 1. The van der Waals surface area contributed by atoms with Crippen LogP contribution in [0.3, 0.4) is 0 Å². The summed E-state index contributed by atoms with van der Waals surface area (Å²) in [5.41, 5.74) is 3.91. The molecule has 1 aromatic carbocycles. The van der Waals surface area contributed by atoms with Crippen molar-refractivity contribution in [1.82, 2.24) is 0 Å². The lowest BCUT2D eigenvalue weighted by atomic mass is 9.44. The number of carbonyl (C=O) groups excluding carboxylic acids is 2. The van der Waals surface area contributed by atoms with E-state index >= 15 is 0 Å². The second kappa shape index (κ2) is 8.94. The smallest absolute Gasteiger partial charge is 0.303 e. The molecule has 35 heavy (non-hydrogen) atoms. The van der Waals surface area contributed by atoms with Crippen LogP contribution in [0, 0.1) is 34.5 Å². The van der Waals surface area contributed by atoms with Gasteiger partial charge in [-0.25, -0.2) is 0 Å². The van der Waals surface area contributed by atoms with Crippen molar-refractivity contribution in [3.05, 3.63) is 53.6 Å². The van der Waals surface area contributed by atoms with Crippen LogP contribution in [0.5, 0.6) is 0 Å². The molecule has 0 spiro atoms. The Hall–Kier alpha value is -2.36. The molecule has 0 saturated heterocycles. The molecule has 0 aliphatic heterocycles. The molecule has 1 aromatic rings. The molecule has 0 bridgehead atoms. The molecule has 4 aliphatic rings. The van der Waals surface area contributed by atoms with Gasteiger partial charge < -0.3 is 9.47 Å². The van der Waals surface area contributed by atoms with Gasteiger partial charge in [-0.1, -0.05) is 62.4 Å². The second-order valence-corrected chi connectivity index (χ2v) is 12.2. The van der Waals surface area contributed by atoms with Crippen LogP contribution in [0.1, 0.15) is 78.2 Å². The summed E-state index contributed by atoms with van der Waals surface area (Å²) in [6.45, 7) is 12.5. The lowest BCUT2D eigenvalue weighted by molar-refractivity contribution is -0.161. The van der Waals surface area contributed by atoms with E-state index < -0.39 is 0 Å². The Morgan fingerprint density at radius 2 is 1.63 bits per heavy atom. The van der Waals surface area contributed by atoms with Gasteiger partial charge in [0.15, 0.2) is 0 Å². The van der Waals surface area contributed by atoms with Crippen molar-refractivity contribution in [2.45, 2.75) is 84.8 Å². The molecule has 0 N–H and O–H groups in total. The predicted molar refractivity (Wildman–Crippen MR) is 137 cm³/mol. The molecule has 1 unspecified atom stereocenters. The summed E-state index contributed by atoms with van der Waals surface area (Å²) in [4.78, 5) is 23.8. The predicted octanol–water partition coefficient (Wildman–Crippen LogP) is 6.75. The van der Waals surface area contributed by atoms with E-state index in [0.717, 1.165) is 44.9 Å². The Labute approximate surface area is 210 Å². The van der Waals surface area contributed by atoms with E-state index in [1.54, 1.807) is 0 Å². The van der Waals surface area contributed by atoms with Crippen molar-refractivity contribution >= 4 is 18.0 Å². The minimum atomic E-state index is -0.193. The number of allylic oxidation sites excluding steroid dienone is 1. The van der Waals surface area contributed by atoms with Gasteiger partial charge >= 0.3 is 11.9 Å². The van der Waals surface area contributed by atoms with E-state index in [1.165, 1.54) is 30.6 Å². The molecule has 8 atom stereocenters. The largest absolute Gasteiger partial charge is 0.463 e. The summed E-state index contributed by atoms with van der Waals surface area (Å²) < 4.78 is 11.7. The first-order valence-electron chi connectivity index (χ1n) is 13.4. The van der Waals surface area contributed by atoms with Crippen LogP contribution in [0.2, 0.25) is 0 Å². The van der Waals surface area contributed by atoms with Gasteiger partial charge in [-0.15, -0.1) is 0 Å². The van der Waals surface area contributed by atoms with E-state index in [-0.39, 0.29) is 35.0 Å². The summed E-state index contributed by atoms with van der Waals surface area (Å²) in [6.07, 6.45) is 9.31. The van der Waals surface area contributed by atoms with Gasteiger partial charge in [0, 0.05) is 19.3 Å². The van der Waals surface area contributed by atoms with Crippen molar-refractivity contribution in [2.24, 2.45) is 34.5 Å². The molecular weight excluding hydrogens is 436 g/mol. The van der Waals surface area contributed by atoms with Crippen LogP contribution < -0.4 is 0 Å². The monoisotopic (exact) mass is 476 g/mol. The molecule has 0 radical (unpaired) electrons. The quantitative estimate of drug-likeness (QED) is 0.358. The minimum absolute atomic E-state index is 0.0213. The molecule has 4 saturated carbocycles. The molecule has 5 rings (SSSR count). The van der Waals surface area contributed by atoms with Gasteiger partial charge in [-0.05, 0) is 85.2 Å². The lowest BCUT2D eigenvalue weighted by Gasteiger charge is -2.61. The third-order valence-electron chi connectivity index (χ3n) is 10.2. The van der Waals surface area contributed by atoms with E-state index in [9.17, 15) is 9.59 Å². The maximum absolute atomic E-state index is 12.2. The van der Waals surface area contributed by atoms with Crippen LogP contribution >= 0.6 is 0 Å². The zero-order valence-electron chi connectivity index (χ0n) is 21.7. The molecule has 0 aromatic heterocycles. The van der Waals surface area contributed by atoms with Gasteiger partial charge in [0.1, 0.15) is 12.2 Å². The average molecular weight is 477 g/mol. The topological polar surface area (TPSA) is 52.6 Å². The van der Waals surface area contributed by atoms with Crippen LogP contribution in [-0.4, -0.2) is 24.1 Å². The Balaban J connectivity index is 1.46. The summed E-state index contributed by atoms with van der Waals surface area (Å²) in [5, 5.41) is 0. The second-order valence-electron chi connectivity index (χ2n) is 12.2. The number of rotatable bonds is 3. The van der Waals surface area contributed by atoms with E-state index in [2.05, 4.69) is 50.8 Å². The highest BCUT2D eigenvalue weighted by Crippen LogP contribution is 2.68. The Morgan fingerprint density at radius 1 is 0.943 bits per heavy atom. The number of ether oxygens (including phenoxy) is 2. The Bertz CT molecular complexity index is 1040. The molecule has 4 fully saturated rings. The fraction of sp³-hybridized carbons (Fsp3) is 0.613. The van der Waals surface area contributed by atoms with Crippen molar-refractivity contribution in [1.29, 1.82) is 0 Å². The number of carbonyl (C=O) groups is 2. The first-order chi connectivity index (χ1) is 16.6. The number of esters is 2. The maximum atomic E-state index is 12.2. The van der Waals surface area contributed by atoms with Crippen LogP contribution in [-0.2, 0) is 19.1 Å². The van der Waals surface area contributed by atoms with Gasteiger partial charge in [0.2, 0.25) is 0 Å². The van der Waals surface area contributed by atoms with Crippen LogP contribution in [0.4, 0.5) is 0 Å². The maximum Gasteiger partial charge on any atom is 0.303 e. The molecule has 0 amide bonds. The number of hydrogen-bond donors (Lipinski definition) is 0.